The van der Waals surface area contributed by atoms with E-state index in [0.29, 0.717) is 24.4 Å². The SMILES string of the molecule is C=C(C)C(=O)OCCCCCCC.C=C(C)C(=O)OCCCCCCCC. The van der Waals surface area contributed by atoms with Gasteiger partial charge in [0.15, 0.2) is 0 Å². The number of carbonyl (C=O) groups excluding carboxylic acids is 2. The minimum absolute atomic E-state index is 0.265. The van der Waals surface area contributed by atoms with E-state index in [1.54, 1.807) is 13.8 Å². The van der Waals surface area contributed by atoms with Crippen LogP contribution in [0.3, 0.4) is 0 Å². The highest BCUT2D eigenvalue weighted by Crippen LogP contribution is 2.05. The number of ether oxygens (including phenoxy) is 2. The highest BCUT2D eigenvalue weighted by Gasteiger charge is 2.02. The average molecular weight is 383 g/mol. The molecule has 0 heterocycles. The molecule has 0 spiro atoms. The first kappa shape index (κ1) is 27.6. The number of hydrogen-bond acceptors (Lipinski definition) is 4. The molecule has 0 N–H and O–H groups in total. The Morgan fingerprint density at radius 2 is 0.889 bits per heavy atom. The van der Waals surface area contributed by atoms with Crippen molar-refractivity contribution < 1.29 is 19.1 Å². The van der Waals surface area contributed by atoms with Gasteiger partial charge in [-0.05, 0) is 26.7 Å². The van der Waals surface area contributed by atoms with Crippen LogP contribution in [0, 0.1) is 0 Å². The van der Waals surface area contributed by atoms with Gasteiger partial charge in [-0.25, -0.2) is 9.59 Å². The van der Waals surface area contributed by atoms with Crippen molar-refractivity contribution in [3.05, 3.63) is 24.3 Å². The summed E-state index contributed by atoms with van der Waals surface area (Å²) in [7, 11) is 0. The van der Waals surface area contributed by atoms with Crippen molar-refractivity contribution in [2.75, 3.05) is 13.2 Å². The Morgan fingerprint density at radius 3 is 1.19 bits per heavy atom. The summed E-state index contributed by atoms with van der Waals surface area (Å²) in [6.07, 6.45) is 13.1. The normalized spacial score (nSPS) is 9.78. The van der Waals surface area contributed by atoms with Gasteiger partial charge in [0.2, 0.25) is 0 Å². The first-order valence-electron chi connectivity index (χ1n) is 10.5. The van der Waals surface area contributed by atoms with Crippen molar-refractivity contribution in [2.24, 2.45) is 0 Å². The average Bonchev–Trinajstić information content (AvgIpc) is 2.63. The molecule has 0 atom stereocenters. The van der Waals surface area contributed by atoms with E-state index in [0.717, 1.165) is 25.7 Å². The van der Waals surface area contributed by atoms with Crippen LogP contribution in [-0.2, 0) is 19.1 Å². The van der Waals surface area contributed by atoms with Crippen molar-refractivity contribution in [3.8, 4) is 0 Å². The Balaban J connectivity index is 0. The third-order valence-corrected chi connectivity index (χ3v) is 3.91. The van der Waals surface area contributed by atoms with Crippen molar-refractivity contribution >= 4 is 11.9 Å². The maximum Gasteiger partial charge on any atom is 0.333 e. The van der Waals surface area contributed by atoms with E-state index in [9.17, 15) is 9.59 Å². The number of rotatable bonds is 15. The molecule has 27 heavy (non-hydrogen) atoms. The minimum atomic E-state index is -0.268. The van der Waals surface area contributed by atoms with Crippen LogP contribution < -0.4 is 0 Å². The molecule has 0 saturated carbocycles. The highest BCUT2D eigenvalue weighted by atomic mass is 16.5. The fourth-order valence-electron chi connectivity index (χ4n) is 2.16. The van der Waals surface area contributed by atoms with Crippen molar-refractivity contribution in [2.45, 2.75) is 98.3 Å². The minimum Gasteiger partial charge on any atom is -0.462 e. The van der Waals surface area contributed by atoms with E-state index >= 15 is 0 Å². The smallest absolute Gasteiger partial charge is 0.333 e. The maximum atomic E-state index is 11.0. The summed E-state index contributed by atoms with van der Waals surface area (Å²) in [6.45, 7) is 15.8. The largest absolute Gasteiger partial charge is 0.462 e. The van der Waals surface area contributed by atoms with Gasteiger partial charge in [-0.2, -0.15) is 0 Å². The summed E-state index contributed by atoms with van der Waals surface area (Å²) in [5, 5.41) is 0. The molecule has 0 amide bonds. The van der Waals surface area contributed by atoms with Gasteiger partial charge in [-0.15, -0.1) is 0 Å². The van der Waals surface area contributed by atoms with Crippen LogP contribution in [0.25, 0.3) is 0 Å². The summed E-state index contributed by atoms with van der Waals surface area (Å²) in [5.41, 5.74) is 0.963. The van der Waals surface area contributed by atoms with Crippen molar-refractivity contribution in [1.29, 1.82) is 0 Å². The summed E-state index contributed by atoms with van der Waals surface area (Å²) < 4.78 is 9.92. The molecule has 0 aromatic rings. The van der Waals surface area contributed by atoms with Crippen LogP contribution in [0.4, 0.5) is 0 Å². The molecule has 0 aromatic carbocycles. The first-order chi connectivity index (χ1) is 12.9. The molecule has 0 unspecified atom stereocenters. The van der Waals surface area contributed by atoms with Gasteiger partial charge in [0.1, 0.15) is 0 Å². The third kappa shape index (κ3) is 22.4. The number of esters is 2. The molecule has 0 aliphatic rings. The molecular formula is C23H42O4. The fraction of sp³-hybridized carbons (Fsp3) is 0.739. The lowest BCUT2D eigenvalue weighted by Gasteiger charge is -2.03. The Morgan fingerprint density at radius 1 is 0.593 bits per heavy atom. The molecule has 0 aromatic heterocycles. The fourth-order valence-corrected chi connectivity index (χ4v) is 2.16. The third-order valence-electron chi connectivity index (χ3n) is 3.91. The van der Waals surface area contributed by atoms with Gasteiger partial charge in [0.05, 0.1) is 13.2 Å². The van der Waals surface area contributed by atoms with Crippen LogP contribution in [0.2, 0.25) is 0 Å². The van der Waals surface area contributed by atoms with Crippen LogP contribution >= 0.6 is 0 Å². The zero-order chi connectivity index (χ0) is 20.9. The second-order valence-corrected chi connectivity index (χ2v) is 7.01. The lowest BCUT2D eigenvalue weighted by Crippen LogP contribution is -2.05. The summed E-state index contributed by atoms with van der Waals surface area (Å²) >= 11 is 0. The van der Waals surface area contributed by atoms with Gasteiger partial charge in [-0.1, -0.05) is 84.8 Å². The van der Waals surface area contributed by atoms with Crippen LogP contribution in [-0.4, -0.2) is 25.2 Å². The molecule has 0 fully saturated rings. The maximum absolute atomic E-state index is 11.0. The second-order valence-electron chi connectivity index (χ2n) is 7.01. The van der Waals surface area contributed by atoms with Crippen LogP contribution in [0.1, 0.15) is 98.3 Å². The standard InChI is InChI=1S/C12H22O2.C11H20O2/c1-4-5-6-7-8-9-10-14-12(13)11(2)3;1-4-5-6-7-8-9-13-11(12)10(2)3/h2,4-10H2,1,3H3;2,4-9H2,1,3H3. The highest BCUT2D eigenvalue weighted by molar-refractivity contribution is 5.87. The zero-order valence-corrected chi connectivity index (χ0v) is 18.2. The predicted molar refractivity (Wildman–Crippen MR) is 114 cm³/mol. The summed E-state index contributed by atoms with van der Waals surface area (Å²) in [4.78, 5) is 21.9. The van der Waals surface area contributed by atoms with Gasteiger partial charge in [0.25, 0.3) is 0 Å². The monoisotopic (exact) mass is 382 g/mol. The Hall–Kier alpha value is -1.58. The quantitative estimate of drug-likeness (QED) is 0.183. The number of unbranched alkanes of at least 4 members (excludes halogenated alkanes) is 9. The van der Waals surface area contributed by atoms with Gasteiger partial charge in [0, 0.05) is 11.1 Å². The molecular weight excluding hydrogens is 340 g/mol. The van der Waals surface area contributed by atoms with E-state index in [-0.39, 0.29) is 11.9 Å². The lowest BCUT2D eigenvalue weighted by molar-refractivity contribution is -0.139. The van der Waals surface area contributed by atoms with E-state index in [1.165, 1.54) is 44.9 Å². The van der Waals surface area contributed by atoms with E-state index in [4.69, 9.17) is 9.47 Å². The molecule has 0 saturated heterocycles. The van der Waals surface area contributed by atoms with Gasteiger partial charge >= 0.3 is 11.9 Å². The number of carbonyl (C=O) groups is 2. The predicted octanol–water partition coefficient (Wildman–Crippen LogP) is 6.54. The molecule has 0 aliphatic carbocycles. The Bertz CT molecular complexity index is 413. The second kappa shape index (κ2) is 20.7. The van der Waals surface area contributed by atoms with E-state index in [2.05, 4.69) is 27.0 Å². The van der Waals surface area contributed by atoms with Gasteiger partial charge < -0.3 is 9.47 Å². The van der Waals surface area contributed by atoms with Crippen molar-refractivity contribution in [3.63, 3.8) is 0 Å². The molecule has 0 aliphatic heterocycles. The summed E-state index contributed by atoms with van der Waals surface area (Å²) in [5.74, 6) is -0.533. The molecule has 4 heteroatoms. The topological polar surface area (TPSA) is 52.6 Å². The van der Waals surface area contributed by atoms with E-state index < -0.39 is 0 Å². The molecule has 0 bridgehead atoms. The first-order valence-corrected chi connectivity index (χ1v) is 10.5. The Kier molecular flexibility index (Phi) is 21.2. The van der Waals surface area contributed by atoms with Crippen molar-refractivity contribution in [1.82, 2.24) is 0 Å². The number of hydrogen-bond donors (Lipinski definition) is 0. The molecule has 158 valence electrons. The Labute approximate surface area is 167 Å². The molecule has 0 radical (unpaired) electrons. The van der Waals surface area contributed by atoms with E-state index in [1.807, 2.05) is 0 Å². The van der Waals surface area contributed by atoms with Crippen LogP contribution in [0.5, 0.6) is 0 Å². The molecule has 0 rings (SSSR count). The van der Waals surface area contributed by atoms with Gasteiger partial charge in [-0.3, -0.25) is 0 Å². The zero-order valence-electron chi connectivity index (χ0n) is 18.2. The van der Waals surface area contributed by atoms with Crippen LogP contribution in [0.15, 0.2) is 24.3 Å². The summed E-state index contributed by atoms with van der Waals surface area (Å²) in [6, 6.07) is 0. The molecule has 4 nitrogen and oxygen atoms in total. The lowest BCUT2D eigenvalue weighted by atomic mass is 10.1.